The molecule has 21 heavy (non-hydrogen) atoms. The van der Waals surface area contributed by atoms with Gasteiger partial charge in [-0.1, -0.05) is 18.2 Å². The quantitative estimate of drug-likeness (QED) is 0.870. The first-order valence-electron chi connectivity index (χ1n) is 6.63. The molecular formula is C14H17F2NO4. The Morgan fingerprint density at radius 1 is 1.48 bits per heavy atom. The van der Waals surface area contributed by atoms with Gasteiger partial charge in [0.05, 0.1) is 19.1 Å². The van der Waals surface area contributed by atoms with E-state index in [1.54, 1.807) is 18.2 Å². The first-order valence-corrected chi connectivity index (χ1v) is 6.63. The van der Waals surface area contributed by atoms with Crippen molar-refractivity contribution in [2.45, 2.75) is 25.7 Å². The summed E-state index contributed by atoms with van der Waals surface area (Å²) in [6.07, 6.45) is -0.439. The Labute approximate surface area is 121 Å². The molecule has 1 aliphatic heterocycles. The largest absolute Gasteiger partial charge is 0.481 e. The van der Waals surface area contributed by atoms with Crippen LogP contribution in [0.2, 0.25) is 0 Å². The van der Waals surface area contributed by atoms with E-state index in [1.807, 2.05) is 4.90 Å². The van der Waals surface area contributed by atoms with Crippen LogP contribution in [0.5, 0.6) is 5.75 Å². The summed E-state index contributed by atoms with van der Waals surface area (Å²) in [6, 6.07) is 6.60. The number of halogens is 2. The van der Waals surface area contributed by atoms with Crippen molar-refractivity contribution in [1.82, 2.24) is 4.90 Å². The first kappa shape index (κ1) is 15.7. The fraction of sp³-hybridized carbons (Fsp3) is 0.500. The van der Waals surface area contributed by atoms with Gasteiger partial charge < -0.3 is 14.6 Å². The normalized spacial score (nSPS) is 19.7. The summed E-state index contributed by atoms with van der Waals surface area (Å²) in [7, 11) is 0. The molecule has 1 unspecified atom stereocenters. The third-order valence-electron chi connectivity index (χ3n) is 3.21. The van der Waals surface area contributed by atoms with Gasteiger partial charge in [0.15, 0.2) is 0 Å². The lowest BCUT2D eigenvalue weighted by molar-refractivity contribution is -0.142. The molecule has 0 amide bonds. The van der Waals surface area contributed by atoms with Crippen molar-refractivity contribution in [1.29, 1.82) is 0 Å². The number of rotatable bonds is 6. The average molecular weight is 301 g/mol. The maximum Gasteiger partial charge on any atom is 0.387 e. The summed E-state index contributed by atoms with van der Waals surface area (Å²) in [5, 5.41) is 8.78. The van der Waals surface area contributed by atoms with Gasteiger partial charge in [-0.15, -0.1) is 0 Å². The number of carbonyl (C=O) groups is 1. The molecule has 5 nitrogen and oxygen atoms in total. The number of morpholine rings is 1. The average Bonchev–Trinajstić information content (AvgIpc) is 2.40. The molecule has 0 spiro atoms. The molecule has 1 fully saturated rings. The summed E-state index contributed by atoms with van der Waals surface area (Å²) in [5.74, 6) is -0.767. The molecule has 0 bridgehead atoms. The van der Waals surface area contributed by atoms with Crippen LogP contribution in [0.4, 0.5) is 8.78 Å². The van der Waals surface area contributed by atoms with Crippen molar-refractivity contribution in [2.75, 3.05) is 19.7 Å². The monoisotopic (exact) mass is 301 g/mol. The van der Waals surface area contributed by atoms with Gasteiger partial charge in [-0.2, -0.15) is 8.78 Å². The van der Waals surface area contributed by atoms with Gasteiger partial charge >= 0.3 is 12.6 Å². The zero-order valence-corrected chi connectivity index (χ0v) is 11.4. The second-order valence-electron chi connectivity index (χ2n) is 4.81. The van der Waals surface area contributed by atoms with Crippen LogP contribution in [-0.4, -0.2) is 48.4 Å². The minimum atomic E-state index is -2.87. The number of benzene rings is 1. The van der Waals surface area contributed by atoms with Crippen molar-refractivity contribution in [3.05, 3.63) is 29.8 Å². The maximum atomic E-state index is 12.4. The molecule has 0 saturated carbocycles. The molecule has 7 heteroatoms. The number of ether oxygens (including phenoxy) is 2. The Morgan fingerprint density at radius 2 is 2.24 bits per heavy atom. The molecule has 1 saturated heterocycles. The Morgan fingerprint density at radius 3 is 2.95 bits per heavy atom. The third-order valence-corrected chi connectivity index (χ3v) is 3.21. The highest BCUT2D eigenvalue weighted by Gasteiger charge is 2.23. The lowest BCUT2D eigenvalue weighted by Crippen LogP contribution is -2.42. The highest BCUT2D eigenvalue weighted by molar-refractivity contribution is 5.67. The SMILES string of the molecule is O=C(O)CC1CN(Cc2ccccc2OC(F)F)CCO1. The van der Waals surface area contributed by atoms with Crippen molar-refractivity contribution in [2.24, 2.45) is 0 Å². The number of nitrogens with zero attached hydrogens (tertiary/aromatic N) is 1. The Hall–Kier alpha value is -1.73. The molecule has 1 N–H and O–H groups in total. The number of hydrogen-bond acceptors (Lipinski definition) is 4. The Kier molecular flexibility index (Phi) is 5.46. The second-order valence-corrected chi connectivity index (χ2v) is 4.81. The Bertz CT molecular complexity index is 484. The van der Waals surface area contributed by atoms with Crippen molar-refractivity contribution < 1.29 is 28.2 Å². The summed E-state index contributed by atoms with van der Waals surface area (Å²) >= 11 is 0. The highest BCUT2D eigenvalue weighted by Crippen LogP contribution is 2.23. The summed E-state index contributed by atoms with van der Waals surface area (Å²) in [6.45, 7) is -0.942. The lowest BCUT2D eigenvalue weighted by atomic mass is 10.1. The van der Waals surface area contributed by atoms with Gasteiger partial charge in [0, 0.05) is 25.2 Å². The number of alkyl halides is 2. The van der Waals surface area contributed by atoms with E-state index in [-0.39, 0.29) is 18.3 Å². The molecule has 1 atom stereocenters. The smallest absolute Gasteiger partial charge is 0.387 e. The van der Waals surface area contributed by atoms with Crippen LogP contribution in [0.1, 0.15) is 12.0 Å². The molecule has 1 aromatic rings. The van der Waals surface area contributed by atoms with E-state index in [1.165, 1.54) is 6.07 Å². The number of carboxylic acid groups (broad SMARTS) is 1. The van der Waals surface area contributed by atoms with Crippen LogP contribution in [0.3, 0.4) is 0 Å². The van der Waals surface area contributed by atoms with Gasteiger partial charge in [-0.05, 0) is 6.07 Å². The molecule has 0 aliphatic carbocycles. The van der Waals surface area contributed by atoms with Gasteiger partial charge in [0.1, 0.15) is 5.75 Å². The maximum absolute atomic E-state index is 12.4. The van der Waals surface area contributed by atoms with Crippen LogP contribution < -0.4 is 4.74 Å². The van der Waals surface area contributed by atoms with Gasteiger partial charge in [0.2, 0.25) is 0 Å². The van der Waals surface area contributed by atoms with E-state index in [9.17, 15) is 13.6 Å². The highest BCUT2D eigenvalue weighted by atomic mass is 19.3. The molecule has 116 valence electrons. The van der Waals surface area contributed by atoms with E-state index in [2.05, 4.69) is 4.74 Å². The van der Waals surface area contributed by atoms with Gasteiger partial charge in [-0.25, -0.2) is 0 Å². The van der Waals surface area contributed by atoms with Gasteiger partial charge in [0.25, 0.3) is 0 Å². The van der Waals surface area contributed by atoms with Gasteiger partial charge in [-0.3, -0.25) is 9.69 Å². The van der Waals surface area contributed by atoms with Crippen LogP contribution >= 0.6 is 0 Å². The van der Waals surface area contributed by atoms with Crippen LogP contribution in [0, 0.1) is 0 Å². The lowest BCUT2D eigenvalue weighted by Gasteiger charge is -2.32. The number of hydrogen-bond donors (Lipinski definition) is 1. The molecule has 0 aromatic heterocycles. The minimum Gasteiger partial charge on any atom is -0.481 e. The van der Waals surface area contributed by atoms with Crippen LogP contribution in [0.25, 0.3) is 0 Å². The summed E-state index contributed by atoms with van der Waals surface area (Å²) in [5.41, 5.74) is 0.647. The van der Waals surface area contributed by atoms with Crippen molar-refractivity contribution >= 4 is 5.97 Å². The first-order chi connectivity index (χ1) is 10.0. The van der Waals surface area contributed by atoms with E-state index >= 15 is 0 Å². The third kappa shape index (κ3) is 4.95. The summed E-state index contributed by atoms with van der Waals surface area (Å²) < 4.78 is 34.6. The number of para-hydroxylation sites is 1. The van der Waals surface area contributed by atoms with Crippen LogP contribution in [0.15, 0.2) is 24.3 Å². The van der Waals surface area contributed by atoms with Crippen molar-refractivity contribution in [3.8, 4) is 5.75 Å². The van der Waals surface area contributed by atoms with E-state index < -0.39 is 12.6 Å². The minimum absolute atomic E-state index is 0.0638. The van der Waals surface area contributed by atoms with E-state index in [0.29, 0.717) is 31.8 Å². The molecule has 1 aliphatic rings. The second kappa shape index (κ2) is 7.33. The fourth-order valence-corrected chi connectivity index (χ4v) is 2.33. The standard InChI is InChI=1S/C14H17F2NO4/c15-14(16)21-12-4-2-1-3-10(12)8-17-5-6-20-11(9-17)7-13(18)19/h1-4,11,14H,5-9H2,(H,18,19). The van der Waals surface area contributed by atoms with E-state index in [4.69, 9.17) is 9.84 Å². The zero-order chi connectivity index (χ0) is 15.2. The molecule has 1 aromatic carbocycles. The predicted molar refractivity (Wildman–Crippen MR) is 70.3 cm³/mol. The Balaban J connectivity index is 1.99. The topological polar surface area (TPSA) is 59.0 Å². The zero-order valence-electron chi connectivity index (χ0n) is 11.4. The van der Waals surface area contributed by atoms with Crippen LogP contribution in [-0.2, 0) is 16.1 Å². The van der Waals surface area contributed by atoms with Crippen molar-refractivity contribution in [3.63, 3.8) is 0 Å². The molecule has 0 radical (unpaired) electrons. The molecular weight excluding hydrogens is 284 g/mol. The number of carboxylic acids is 1. The predicted octanol–water partition coefficient (Wildman–Crippen LogP) is 1.96. The molecule has 2 rings (SSSR count). The summed E-state index contributed by atoms with van der Waals surface area (Å²) in [4.78, 5) is 12.7. The molecule has 1 heterocycles. The number of aliphatic carboxylic acids is 1. The van der Waals surface area contributed by atoms with E-state index in [0.717, 1.165) is 0 Å². The fourth-order valence-electron chi connectivity index (χ4n) is 2.33.